The van der Waals surface area contributed by atoms with Crippen molar-refractivity contribution < 1.29 is 10.2 Å². The van der Waals surface area contributed by atoms with Crippen LogP contribution in [0.4, 0.5) is 0 Å². The molecule has 2 rings (SSSR count). The molecule has 2 unspecified atom stereocenters. The number of alkyl halides is 1. The van der Waals surface area contributed by atoms with Gasteiger partial charge in [0.25, 0.3) is 0 Å². The molecular formula is C13H13ClO2. The third kappa shape index (κ3) is 2.05. The summed E-state index contributed by atoms with van der Waals surface area (Å²) >= 11 is 5.54. The van der Waals surface area contributed by atoms with Crippen LogP contribution in [0.5, 0.6) is 0 Å². The molecule has 2 aromatic rings. The minimum absolute atomic E-state index is 0.0182. The number of aliphatic hydroxyl groups excluding tert-OH is 2. The summed E-state index contributed by atoms with van der Waals surface area (Å²) in [5.74, 6) is 0.0182. The van der Waals surface area contributed by atoms with Crippen molar-refractivity contribution in [1.82, 2.24) is 0 Å². The SMILES string of the molecule is OC(CCl)C(O)c1cccc2ccccc12. The van der Waals surface area contributed by atoms with E-state index in [2.05, 4.69) is 0 Å². The number of fused-ring (bicyclic) bond motifs is 1. The molecule has 0 aliphatic heterocycles. The van der Waals surface area contributed by atoms with Gasteiger partial charge in [0.05, 0.1) is 12.0 Å². The first kappa shape index (κ1) is 11.4. The second-order valence-corrected chi connectivity index (χ2v) is 4.04. The Hall–Kier alpha value is -1.09. The van der Waals surface area contributed by atoms with E-state index in [-0.39, 0.29) is 5.88 Å². The van der Waals surface area contributed by atoms with Crippen LogP contribution in [0.2, 0.25) is 0 Å². The normalized spacial score (nSPS) is 14.9. The van der Waals surface area contributed by atoms with Crippen LogP contribution in [0.1, 0.15) is 11.7 Å². The van der Waals surface area contributed by atoms with Gasteiger partial charge in [-0.1, -0.05) is 42.5 Å². The van der Waals surface area contributed by atoms with Crippen LogP contribution in [0, 0.1) is 0 Å². The first-order valence-corrected chi connectivity index (χ1v) is 5.67. The van der Waals surface area contributed by atoms with Crippen LogP contribution in [-0.2, 0) is 0 Å². The van der Waals surface area contributed by atoms with Crippen LogP contribution in [-0.4, -0.2) is 22.2 Å². The summed E-state index contributed by atoms with van der Waals surface area (Å²) in [7, 11) is 0. The van der Waals surface area contributed by atoms with Gasteiger partial charge in [-0.2, -0.15) is 0 Å². The zero-order chi connectivity index (χ0) is 11.5. The molecule has 3 heteroatoms. The molecule has 0 fully saturated rings. The molecule has 0 aromatic heterocycles. The quantitative estimate of drug-likeness (QED) is 0.804. The van der Waals surface area contributed by atoms with Gasteiger partial charge in [-0.25, -0.2) is 0 Å². The summed E-state index contributed by atoms with van der Waals surface area (Å²) in [4.78, 5) is 0. The van der Waals surface area contributed by atoms with Crippen LogP contribution in [0.3, 0.4) is 0 Å². The fourth-order valence-electron chi connectivity index (χ4n) is 1.80. The van der Waals surface area contributed by atoms with Gasteiger partial charge in [-0.15, -0.1) is 11.6 Å². The second kappa shape index (κ2) is 4.83. The number of benzene rings is 2. The molecule has 0 radical (unpaired) electrons. The lowest BCUT2D eigenvalue weighted by molar-refractivity contribution is 0.0336. The van der Waals surface area contributed by atoms with Gasteiger partial charge >= 0.3 is 0 Å². The highest BCUT2D eigenvalue weighted by molar-refractivity contribution is 6.18. The molecular weight excluding hydrogens is 224 g/mol. The van der Waals surface area contributed by atoms with Crippen molar-refractivity contribution in [2.75, 3.05) is 5.88 Å². The zero-order valence-electron chi connectivity index (χ0n) is 8.68. The molecule has 0 saturated heterocycles. The molecule has 84 valence electrons. The highest BCUT2D eigenvalue weighted by atomic mass is 35.5. The van der Waals surface area contributed by atoms with E-state index < -0.39 is 12.2 Å². The molecule has 2 nitrogen and oxygen atoms in total. The maximum Gasteiger partial charge on any atom is 0.107 e. The third-order valence-electron chi connectivity index (χ3n) is 2.66. The van der Waals surface area contributed by atoms with Crippen LogP contribution in [0.25, 0.3) is 10.8 Å². The second-order valence-electron chi connectivity index (χ2n) is 3.73. The van der Waals surface area contributed by atoms with Crippen molar-refractivity contribution in [2.24, 2.45) is 0 Å². The van der Waals surface area contributed by atoms with E-state index in [9.17, 15) is 10.2 Å². The van der Waals surface area contributed by atoms with Crippen molar-refractivity contribution in [3.05, 3.63) is 48.0 Å². The Morgan fingerprint density at radius 3 is 2.44 bits per heavy atom. The number of hydrogen-bond donors (Lipinski definition) is 2. The summed E-state index contributed by atoms with van der Waals surface area (Å²) in [5.41, 5.74) is 0.714. The van der Waals surface area contributed by atoms with Gasteiger partial charge in [0.2, 0.25) is 0 Å². The van der Waals surface area contributed by atoms with Crippen molar-refractivity contribution in [2.45, 2.75) is 12.2 Å². The third-order valence-corrected chi connectivity index (χ3v) is 2.98. The molecule has 2 N–H and O–H groups in total. The fourth-order valence-corrected chi connectivity index (χ4v) is 1.97. The molecule has 0 heterocycles. The van der Waals surface area contributed by atoms with Gasteiger partial charge in [0.1, 0.15) is 6.10 Å². The molecule has 2 aromatic carbocycles. The molecule has 2 atom stereocenters. The van der Waals surface area contributed by atoms with Gasteiger partial charge in [0.15, 0.2) is 0 Å². The molecule has 0 amide bonds. The van der Waals surface area contributed by atoms with E-state index >= 15 is 0 Å². The van der Waals surface area contributed by atoms with E-state index in [1.165, 1.54) is 0 Å². The van der Waals surface area contributed by atoms with E-state index in [4.69, 9.17) is 11.6 Å². The monoisotopic (exact) mass is 236 g/mol. The molecule has 0 bridgehead atoms. The summed E-state index contributed by atoms with van der Waals surface area (Å²) in [5, 5.41) is 21.5. The molecule has 0 aliphatic rings. The Balaban J connectivity index is 2.52. The van der Waals surface area contributed by atoms with Gasteiger partial charge in [-0.3, -0.25) is 0 Å². The van der Waals surface area contributed by atoms with E-state index in [0.29, 0.717) is 5.56 Å². The standard InChI is InChI=1S/C13H13ClO2/c14-8-12(15)13(16)11-7-3-5-9-4-1-2-6-10(9)11/h1-7,12-13,15-16H,8H2. The van der Waals surface area contributed by atoms with Crippen molar-refractivity contribution in [3.63, 3.8) is 0 Å². The average Bonchev–Trinajstić information content (AvgIpc) is 2.36. The maximum atomic E-state index is 9.95. The highest BCUT2D eigenvalue weighted by Gasteiger charge is 2.18. The van der Waals surface area contributed by atoms with Crippen molar-refractivity contribution in [1.29, 1.82) is 0 Å². The molecule has 16 heavy (non-hydrogen) atoms. The van der Waals surface area contributed by atoms with Gasteiger partial charge in [-0.05, 0) is 16.3 Å². The van der Waals surface area contributed by atoms with Gasteiger partial charge in [0, 0.05) is 0 Å². The minimum atomic E-state index is -0.941. The topological polar surface area (TPSA) is 40.5 Å². The van der Waals surface area contributed by atoms with E-state index in [1.807, 2.05) is 42.5 Å². The molecule has 0 aliphatic carbocycles. The lowest BCUT2D eigenvalue weighted by atomic mass is 9.98. The predicted octanol–water partition coefficient (Wildman–Crippen LogP) is 2.47. The Morgan fingerprint density at radius 1 is 1.00 bits per heavy atom. The summed E-state index contributed by atoms with van der Waals surface area (Å²) in [6.45, 7) is 0. The number of hydrogen-bond acceptors (Lipinski definition) is 2. The van der Waals surface area contributed by atoms with Crippen LogP contribution in [0.15, 0.2) is 42.5 Å². The predicted molar refractivity (Wildman–Crippen MR) is 65.6 cm³/mol. The number of rotatable bonds is 3. The van der Waals surface area contributed by atoms with Crippen LogP contribution < -0.4 is 0 Å². The van der Waals surface area contributed by atoms with Crippen molar-refractivity contribution in [3.8, 4) is 0 Å². The zero-order valence-corrected chi connectivity index (χ0v) is 9.43. The average molecular weight is 237 g/mol. The Kier molecular flexibility index (Phi) is 3.44. The molecule has 0 spiro atoms. The Labute approximate surface area is 99.1 Å². The Bertz CT molecular complexity index is 479. The van der Waals surface area contributed by atoms with E-state index in [1.54, 1.807) is 0 Å². The number of halogens is 1. The lowest BCUT2D eigenvalue weighted by Crippen LogP contribution is -2.19. The highest BCUT2D eigenvalue weighted by Crippen LogP contribution is 2.26. The summed E-state index contributed by atoms with van der Waals surface area (Å²) < 4.78 is 0. The summed E-state index contributed by atoms with van der Waals surface area (Å²) in [6, 6.07) is 13.4. The fraction of sp³-hybridized carbons (Fsp3) is 0.231. The maximum absolute atomic E-state index is 9.95. The number of aliphatic hydroxyl groups is 2. The lowest BCUT2D eigenvalue weighted by Gasteiger charge is -2.17. The van der Waals surface area contributed by atoms with Crippen LogP contribution >= 0.6 is 11.6 Å². The Morgan fingerprint density at radius 2 is 1.69 bits per heavy atom. The van der Waals surface area contributed by atoms with Gasteiger partial charge < -0.3 is 10.2 Å². The van der Waals surface area contributed by atoms with E-state index in [0.717, 1.165) is 10.8 Å². The summed E-state index contributed by atoms with van der Waals surface area (Å²) in [6.07, 6.45) is -1.88. The van der Waals surface area contributed by atoms with Crippen molar-refractivity contribution >= 4 is 22.4 Å². The smallest absolute Gasteiger partial charge is 0.107 e. The largest absolute Gasteiger partial charge is 0.389 e. The minimum Gasteiger partial charge on any atom is -0.389 e. The first-order valence-electron chi connectivity index (χ1n) is 5.14. The first-order chi connectivity index (χ1) is 7.74. The molecule has 0 saturated carbocycles.